The van der Waals surface area contributed by atoms with Crippen LogP contribution in [0.15, 0.2) is 0 Å². The minimum absolute atomic E-state index is 0.190. The van der Waals surface area contributed by atoms with Crippen LogP contribution in [0.2, 0.25) is 0 Å². The smallest absolute Gasteiger partial charge is 0.240 e. The third-order valence-electron chi connectivity index (χ3n) is 1.58. The van der Waals surface area contributed by atoms with Crippen LogP contribution >= 0.6 is 0 Å². The van der Waals surface area contributed by atoms with Crippen molar-refractivity contribution in [3.05, 3.63) is 5.82 Å². The summed E-state index contributed by atoms with van der Waals surface area (Å²) in [6, 6.07) is 0. The Hall–Kier alpha value is -1.30. The zero-order chi connectivity index (χ0) is 9.14. The van der Waals surface area contributed by atoms with Crippen molar-refractivity contribution in [3.8, 4) is 0 Å². The van der Waals surface area contributed by atoms with Gasteiger partial charge in [0.25, 0.3) is 0 Å². The van der Waals surface area contributed by atoms with Crippen molar-refractivity contribution in [3.63, 3.8) is 0 Å². The molecular weight excluding hydrogens is 158 g/mol. The minimum Gasteiger partial charge on any atom is -0.393 e. The molecule has 1 rings (SSSR count). The molecule has 0 aliphatic heterocycles. The van der Waals surface area contributed by atoms with Crippen LogP contribution in [-0.4, -0.2) is 26.1 Å². The molecule has 0 fully saturated rings. The Morgan fingerprint density at radius 2 is 2.25 bits per heavy atom. The molecule has 1 unspecified atom stereocenters. The number of hydrogen-bond donors (Lipinski definition) is 3. The summed E-state index contributed by atoms with van der Waals surface area (Å²) < 4.78 is 1.22. The number of rotatable bonds is 3. The van der Waals surface area contributed by atoms with Gasteiger partial charge < -0.3 is 16.7 Å². The molecule has 68 valence electrons. The van der Waals surface area contributed by atoms with Crippen LogP contribution < -0.4 is 11.6 Å². The maximum atomic E-state index is 8.98. The number of nitrogens with two attached hydrogens (primary N) is 2. The van der Waals surface area contributed by atoms with Crippen LogP contribution in [0, 0.1) is 0 Å². The summed E-state index contributed by atoms with van der Waals surface area (Å²) in [5, 5.41) is 16.3. The number of aliphatic hydroxyl groups excluding tert-OH is 1. The molecule has 6 heteroatoms. The number of nitrogens with zero attached hydrogens (tertiary/aromatic N) is 3. The number of nitrogen functional groups attached to an aromatic ring is 2. The van der Waals surface area contributed by atoms with E-state index in [0.717, 1.165) is 0 Å². The van der Waals surface area contributed by atoms with Crippen molar-refractivity contribution in [2.75, 3.05) is 11.6 Å². The second-order valence-corrected chi connectivity index (χ2v) is 2.73. The quantitative estimate of drug-likeness (QED) is 0.500. The lowest BCUT2D eigenvalue weighted by molar-refractivity contribution is 0.184. The van der Waals surface area contributed by atoms with Crippen LogP contribution in [0.4, 0.5) is 5.95 Å². The van der Waals surface area contributed by atoms with Crippen LogP contribution in [0.5, 0.6) is 0 Å². The van der Waals surface area contributed by atoms with Crippen molar-refractivity contribution >= 4 is 5.95 Å². The van der Waals surface area contributed by atoms with E-state index in [0.29, 0.717) is 18.7 Å². The van der Waals surface area contributed by atoms with Crippen LogP contribution in [0.3, 0.4) is 0 Å². The summed E-state index contributed by atoms with van der Waals surface area (Å²) >= 11 is 0. The Morgan fingerprint density at radius 3 is 2.67 bits per heavy atom. The Morgan fingerprint density at radius 1 is 1.58 bits per heavy atom. The first-order valence-corrected chi connectivity index (χ1v) is 3.74. The lowest BCUT2D eigenvalue weighted by Crippen LogP contribution is -2.16. The Balaban J connectivity index is 2.58. The van der Waals surface area contributed by atoms with Crippen molar-refractivity contribution in [2.24, 2.45) is 0 Å². The molecule has 12 heavy (non-hydrogen) atoms. The van der Waals surface area contributed by atoms with Crippen molar-refractivity contribution in [2.45, 2.75) is 25.9 Å². The summed E-state index contributed by atoms with van der Waals surface area (Å²) in [6.07, 6.45) is 0.830. The number of anilines is 1. The van der Waals surface area contributed by atoms with E-state index in [9.17, 15) is 0 Å². The summed E-state index contributed by atoms with van der Waals surface area (Å²) in [7, 11) is 0. The molecule has 0 aromatic carbocycles. The zero-order valence-electron chi connectivity index (χ0n) is 6.94. The fourth-order valence-corrected chi connectivity index (χ4v) is 0.846. The van der Waals surface area contributed by atoms with Gasteiger partial charge in [-0.05, 0) is 13.3 Å². The topological polar surface area (TPSA) is 103 Å². The van der Waals surface area contributed by atoms with Crippen LogP contribution in [-0.2, 0) is 6.42 Å². The molecule has 5 N–H and O–H groups in total. The molecule has 0 saturated carbocycles. The molecule has 0 radical (unpaired) electrons. The van der Waals surface area contributed by atoms with Gasteiger partial charge in [0.05, 0.1) is 6.10 Å². The molecule has 0 aliphatic rings. The molecule has 1 aromatic rings. The Labute approximate surface area is 70.2 Å². The molecule has 0 bridgehead atoms. The van der Waals surface area contributed by atoms with E-state index in [2.05, 4.69) is 10.2 Å². The van der Waals surface area contributed by atoms with E-state index < -0.39 is 0 Å². The maximum absolute atomic E-state index is 8.98. The SMILES string of the molecule is CC(O)CCc1nnc(N)n1N. The van der Waals surface area contributed by atoms with E-state index >= 15 is 0 Å². The first-order valence-electron chi connectivity index (χ1n) is 3.74. The summed E-state index contributed by atoms with van der Waals surface area (Å²) in [6.45, 7) is 1.71. The molecule has 0 amide bonds. The lowest BCUT2D eigenvalue weighted by Gasteiger charge is -2.02. The average molecular weight is 171 g/mol. The van der Waals surface area contributed by atoms with Gasteiger partial charge in [-0.25, -0.2) is 4.68 Å². The maximum Gasteiger partial charge on any atom is 0.240 e. The third-order valence-corrected chi connectivity index (χ3v) is 1.58. The average Bonchev–Trinajstić information content (AvgIpc) is 2.30. The van der Waals surface area contributed by atoms with Gasteiger partial charge in [-0.2, -0.15) is 0 Å². The van der Waals surface area contributed by atoms with Gasteiger partial charge in [0.1, 0.15) is 0 Å². The van der Waals surface area contributed by atoms with Gasteiger partial charge in [-0.15, -0.1) is 10.2 Å². The van der Waals surface area contributed by atoms with Gasteiger partial charge in [-0.1, -0.05) is 0 Å². The fourth-order valence-electron chi connectivity index (χ4n) is 0.846. The number of aliphatic hydroxyl groups is 1. The molecular formula is C6H13N5O. The van der Waals surface area contributed by atoms with E-state index in [-0.39, 0.29) is 12.1 Å². The first kappa shape index (κ1) is 8.79. The fraction of sp³-hybridized carbons (Fsp3) is 0.667. The molecule has 0 spiro atoms. The lowest BCUT2D eigenvalue weighted by atomic mass is 10.2. The van der Waals surface area contributed by atoms with Gasteiger partial charge in [0, 0.05) is 6.42 Å². The Bertz CT molecular complexity index is 256. The zero-order valence-corrected chi connectivity index (χ0v) is 6.94. The molecule has 0 aliphatic carbocycles. The normalized spacial score (nSPS) is 13.2. The van der Waals surface area contributed by atoms with E-state index in [1.165, 1.54) is 4.68 Å². The van der Waals surface area contributed by atoms with Gasteiger partial charge in [-0.3, -0.25) is 0 Å². The molecule has 6 nitrogen and oxygen atoms in total. The molecule has 1 heterocycles. The van der Waals surface area contributed by atoms with E-state index in [1.54, 1.807) is 6.92 Å². The van der Waals surface area contributed by atoms with Gasteiger partial charge in [0.2, 0.25) is 5.95 Å². The summed E-state index contributed by atoms with van der Waals surface area (Å²) in [4.78, 5) is 0. The van der Waals surface area contributed by atoms with Crippen LogP contribution in [0.1, 0.15) is 19.2 Å². The largest absolute Gasteiger partial charge is 0.393 e. The third kappa shape index (κ3) is 1.85. The van der Waals surface area contributed by atoms with Gasteiger partial charge >= 0.3 is 0 Å². The molecule has 1 aromatic heterocycles. The van der Waals surface area contributed by atoms with E-state index in [4.69, 9.17) is 16.7 Å². The van der Waals surface area contributed by atoms with Gasteiger partial charge in [0.15, 0.2) is 5.82 Å². The second-order valence-electron chi connectivity index (χ2n) is 2.73. The number of hydrogen-bond acceptors (Lipinski definition) is 5. The summed E-state index contributed by atoms with van der Waals surface area (Å²) in [5.41, 5.74) is 5.35. The minimum atomic E-state index is -0.358. The van der Waals surface area contributed by atoms with E-state index in [1.807, 2.05) is 0 Å². The standard InChI is InChI=1S/C6H13N5O/c1-4(12)2-3-5-9-10-6(7)11(5)8/h4,12H,2-3,8H2,1H3,(H2,7,10). The summed E-state index contributed by atoms with van der Waals surface area (Å²) in [5.74, 6) is 6.26. The second kappa shape index (κ2) is 3.40. The highest BCUT2D eigenvalue weighted by Crippen LogP contribution is 2.02. The monoisotopic (exact) mass is 171 g/mol. The molecule has 0 saturated heterocycles. The highest BCUT2D eigenvalue weighted by Gasteiger charge is 2.06. The Kier molecular flexibility index (Phi) is 2.49. The highest BCUT2D eigenvalue weighted by molar-refractivity contribution is 5.16. The number of aromatic nitrogens is 3. The predicted octanol–water partition coefficient (Wildman–Crippen LogP) is -1.11. The van der Waals surface area contributed by atoms with Crippen molar-refractivity contribution < 1.29 is 5.11 Å². The highest BCUT2D eigenvalue weighted by atomic mass is 16.3. The molecule has 1 atom stereocenters. The first-order chi connectivity index (χ1) is 5.61. The van der Waals surface area contributed by atoms with Crippen molar-refractivity contribution in [1.29, 1.82) is 0 Å². The van der Waals surface area contributed by atoms with Crippen molar-refractivity contribution in [1.82, 2.24) is 14.9 Å². The predicted molar refractivity (Wildman–Crippen MR) is 44.6 cm³/mol. The van der Waals surface area contributed by atoms with Crippen LogP contribution in [0.25, 0.3) is 0 Å². The number of aryl methyl sites for hydroxylation is 1.